The van der Waals surface area contributed by atoms with Gasteiger partial charge in [0.1, 0.15) is 0 Å². The van der Waals surface area contributed by atoms with Crippen molar-refractivity contribution in [2.75, 3.05) is 0 Å². The number of aliphatic hydroxyl groups is 2. The lowest BCUT2D eigenvalue weighted by atomic mass is 9.75. The van der Waals surface area contributed by atoms with E-state index in [1.165, 1.54) is 0 Å². The first-order valence-corrected chi connectivity index (χ1v) is 6.94. The van der Waals surface area contributed by atoms with Crippen LogP contribution in [0.1, 0.15) is 52.9 Å². The minimum atomic E-state index is -0.321. The Balaban J connectivity index is 2.37. The van der Waals surface area contributed by atoms with Gasteiger partial charge in [-0.2, -0.15) is 0 Å². The van der Waals surface area contributed by atoms with Gasteiger partial charge in [-0.25, -0.2) is 0 Å². The first-order valence-electron chi connectivity index (χ1n) is 6.94. The molecule has 0 bridgehead atoms. The van der Waals surface area contributed by atoms with Crippen molar-refractivity contribution in [2.24, 2.45) is 17.8 Å². The maximum Gasteiger partial charge on any atom is 0.0750 e. The van der Waals surface area contributed by atoms with Crippen LogP contribution in [-0.2, 0) is 0 Å². The Morgan fingerprint density at radius 1 is 1.29 bits per heavy atom. The van der Waals surface area contributed by atoms with Gasteiger partial charge >= 0.3 is 0 Å². The van der Waals surface area contributed by atoms with E-state index in [9.17, 15) is 10.2 Å². The smallest absolute Gasteiger partial charge is 0.0750 e. The molecule has 2 heteroatoms. The van der Waals surface area contributed by atoms with Gasteiger partial charge in [-0.15, -0.1) is 0 Å². The molecule has 0 aromatic carbocycles. The third kappa shape index (κ3) is 4.81. The van der Waals surface area contributed by atoms with Crippen LogP contribution < -0.4 is 0 Å². The summed E-state index contributed by atoms with van der Waals surface area (Å²) in [6, 6.07) is 0. The van der Waals surface area contributed by atoms with Crippen LogP contribution in [0.25, 0.3) is 0 Å². The fraction of sp³-hybridized carbons (Fsp3) is 0.867. The summed E-state index contributed by atoms with van der Waals surface area (Å²) in [7, 11) is 0. The maximum atomic E-state index is 9.96. The maximum absolute atomic E-state index is 9.96. The molecule has 1 saturated carbocycles. The molecular formula is C15H28O2. The van der Waals surface area contributed by atoms with E-state index in [2.05, 4.69) is 27.4 Å². The van der Waals surface area contributed by atoms with E-state index >= 15 is 0 Å². The molecule has 1 fully saturated rings. The second kappa shape index (κ2) is 6.55. The molecule has 2 unspecified atom stereocenters. The van der Waals surface area contributed by atoms with Crippen molar-refractivity contribution >= 4 is 0 Å². The average Bonchev–Trinajstić information content (AvgIpc) is 2.20. The molecule has 0 radical (unpaired) electrons. The predicted molar refractivity (Wildman–Crippen MR) is 71.7 cm³/mol. The summed E-state index contributed by atoms with van der Waals surface area (Å²) in [5.74, 6) is 1.58. The standard InChI is InChI=1S/C15H28O2/c1-10(2)7-14(16)8-12(4)13-6-5-11(3)15(17)9-13/h10,12-17H,3,5-9H2,1-2,4H3/t12-,13+,14?,15?/m0/s1. The zero-order chi connectivity index (χ0) is 13.0. The lowest BCUT2D eigenvalue weighted by Crippen LogP contribution is -2.28. The lowest BCUT2D eigenvalue weighted by Gasteiger charge is -2.33. The van der Waals surface area contributed by atoms with Gasteiger partial charge in [-0.1, -0.05) is 27.4 Å². The van der Waals surface area contributed by atoms with Gasteiger partial charge in [0, 0.05) is 0 Å². The van der Waals surface area contributed by atoms with Crippen LogP contribution in [0.2, 0.25) is 0 Å². The van der Waals surface area contributed by atoms with Gasteiger partial charge in [-0.3, -0.25) is 0 Å². The van der Waals surface area contributed by atoms with E-state index in [-0.39, 0.29) is 12.2 Å². The molecule has 17 heavy (non-hydrogen) atoms. The summed E-state index contributed by atoms with van der Waals surface area (Å²) < 4.78 is 0. The molecule has 4 atom stereocenters. The largest absolute Gasteiger partial charge is 0.393 e. The summed E-state index contributed by atoms with van der Waals surface area (Å²) in [6.07, 6.45) is 4.12. The van der Waals surface area contributed by atoms with Gasteiger partial charge in [-0.05, 0) is 55.4 Å². The zero-order valence-electron chi connectivity index (χ0n) is 11.5. The van der Waals surface area contributed by atoms with Crippen LogP contribution in [0.15, 0.2) is 12.2 Å². The Labute approximate surface area is 106 Å². The molecule has 1 aliphatic carbocycles. The van der Waals surface area contributed by atoms with Gasteiger partial charge in [0.25, 0.3) is 0 Å². The molecule has 0 saturated heterocycles. The Bertz CT molecular complexity index is 247. The van der Waals surface area contributed by atoms with Crippen molar-refractivity contribution in [3.8, 4) is 0 Å². The highest BCUT2D eigenvalue weighted by Gasteiger charge is 2.28. The van der Waals surface area contributed by atoms with Crippen molar-refractivity contribution in [1.82, 2.24) is 0 Å². The van der Waals surface area contributed by atoms with E-state index in [0.717, 1.165) is 37.7 Å². The van der Waals surface area contributed by atoms with E-state index in [1.54, 1.807) is 0 Å². The first kappa shape index (κ1) is 14.7. The molecule has 1 aliphatic rings. The molecule has 1 rings (SSSR count). The molecule has 2 N–H and O–H groups in total. The monoisotopic (exact) mass is 240 g/mol. The molecule has 0 amide bonds. The fourth-order valence-electron chi connectivity index (χ4n) is 2.89. The van der Waals surface area contributed by atoms with Crippen molar-refractivity contribution < 1.29 is 10.2 Å². The lowest BCUT2D eigenvalue weighted by molar-refractivity contribution is 0.0805. The topological polar surface area (TPSA) is 40.5 Å². The minimum Gasteiger partial charge on any atom is -0.393 e. The van der Waals surface area contributed by atoms with Crippen molar-refractivity contribution in [3.05, 3.63) is 12.2 Å². The molecule has 0 heterocycles. The number of hydrogen-bond donors (Lipinski definition) is 2. The van der Waals surface area contributed by atoms with Crippen LogP contribution in [0.4, 0.5) is 0 Å². The van der Waals surface area contributed by atoms with Crippen LogP contribution in [0, 0.1) is 17.8 Å². The first-order chi connectivity index (χ1) is 7.90. The van der Waals surface area contributed by atoms with Gasteiger partial charge < -0.3 is 10.2 Å². The molecule has 0 aromatic rings. The molecule has 2 nitrogen and oxygen atoms in total. The van der Waals surface area contributed by atoms with E-state index in [0.29, 0.717) is 17.8 Å². The summed E-state index contributed by atoms with van der Waals surface area (Å²) in [4.78, 5) is 0. The Kier molecular flexibility index (Phi) is 5.68. The van der Waals surface area contributed by atoms with Crippen LogP contribution >= 0.6 is 0 Å². The van der Waals surface area contributed by atoms with E-state index < -0.39 is 0 Å². The van der Waals surface area contributed by atoms with Crippen molar-refractivity contribution in [2.45, 2.75) is 65.1 Å². The summed E-state index contributed by atoms with van der Waals surface area (Å²) in [5.41, 5.74) is 0.983. The minimum absolute atomic E-state index is 0.188. The number of rotatable bonds is 5. The predicted octanol–water partition coefficient (Wildman–Crippen LogP) is 3.14. The highest BCUT2D eigenvalue weighted by atomic mass is 16.3. The fourth-order valence-corrected chi connectivity index (χ4v) is 2.89. The molecule has 0 aromatic heterocycles. The summed E-state index contributed by atoms with van der Waals surface area (Å²) in [5, 5.41) is 19.8. The van der Waals surface area contributed by atoms with Crippen molar-refractivity contribution in [3.63, 3.8) is 0 Å². The van der Waals surface area contributed by atoms with Crippen LogP contribution in [0.3, 0.4) is 0 Å². The number of hydrogen-bond acceptors (Lipinski definition) is 2. The van der Waals surface area contributed by atoms with Gasteiger partial charge in [0.15, 0.2) is 0 Å². The second-order valence-electron chi connectivity index (χ2n) is 6.20. The van der Waals surface area contributed by atoms with Crippen LogP contribution in [0.5, 0.6) is 0 Å². The number of aliphatic hydroxyl groups excluding tert-OH is 2. The highest BCUT2D eigenvalue weighted by molar-refractivity contribution is 5.06. The third-order valence-corrected chi connectivity index (χ3v) is 4.03. The Morgan fingerprint density at radius 2 is 1.94 bits per heavy atom. The summed E-state index contributed by atoms with van der Waals surface area (Å²) >= 11 is 0. The van der Waals surface area contributed by atoms with E-state index in [1.807, 2.05) is 0 Å². The SMILES string of the molecule is C=C1CC[C@@H]([C@@H](C)CC(O)CC(C)C)CC1O. The van der Waals surface area contributed by atoms with Gasteiger partial charge in [0.2, 0.25) is 0 Å². The molecule has 0 spiro atoms. The Morgan fingerprint density at radius 3 is 2.47 bits per heavy atom. The zero-order valence-corrected chi connectivity index (χ0v) is 11.5. The second-order valence-corrected chi connectivity index (χ2v) is 6.20. The average molecular weight is 240 g/mol. The van der Waals surface area contributed by atoms with Crippen molar-refractivity contribution in [1.29, 1.82) is 0 Å². The van der Waals surface area contributed by atoms with Gasteiger partial charge in [0.05, 0.1) is 12.2 Å². The molecule has 0 aliphatic heterocycles. The Hall–Kier alpha value is -0.340. The summed E-state index contributed by atoms with van der Waals surface area (Å²) in [6.45, 7) is 10.4. The highest BCUT2D eigenvalue weighted by Crippen LogP contribution is 2.34. The third-order valence-electron chi connectivity index (χ3n) is 4.03. The normalized spacial score (nSPS) is 29.4. The van der Waals surface area contributed by atoms with Crippen LogP contribution in [-0.4, -0.2) is 22.4 Å². The molecule has 100 valence electrons. The quantitative estimate of drug-likeness (QED) is 0.725. The molecular weight excluding hydrogens is 212 g/mol. The van der Waals surface area contributed by atoms with E-state index in [4.69, 9.17) is 0 Å².